The zero-order valence-electron chi connectivity index (χ0n) is 6.93. The van der Waals surface area contributed by atoms with Gasteiger partial charge in [0, 0.05) is 11.4 Å². The summed E-state index contributed by atoms with van der Waals surface area (Å²) in [4.78, 5) is 10.6. The second kappa shape index (κ2) is 3.72. The molecule has 0 aliphatic heterocycles. The van der Waals surface area contributed by atoms with Crippen LogP contribution in [-0.2, 0) is 4.79 Å². The van der Waals surface area contributed by atoms with Crippen molar-refractivity contribution in [2.75, 3.05) is 0 Å². The molecule has 0 radical (unpaired) electrons. The fraction of sp³-hybridized carbons (Fsp3) is 0.222. The molecule has 0 saturated carbocycles. The van der Waals surface area contributed by atoms with Crippen LogP contribution >= 0.6 is 15.9 Å². The van der Waals surface area contributed by atoms with E-state index in [9.17, 15) is 4.79 Å². The zero-order valence-corrected chi connectivity index (χ0v) is 8.51. The minimum absolute atomic E-state index is 0.291. The van der Waals surface area contributed by atoms with E-state index < -0.39 is 0 Å². The van der Waals surface area contributed by atoms with Gasteiger partial charge in [-0.1, -0.05) is 15.9 Å². The van der Waals surface area contributed by atoms with Gasteiger partial charge in [0.15, 0.2) is 0 Å². The lowest BCUT2D eigenvalue weighted by Crippen LogP contribution is -2.02. The van der Waals surface area contributed by atoms with Crippen molar-refractivity contribution in [1.29, 1.82) is 0 Å². The van der Waals surface area contributed by atoms with Crippen molar-refractivity contribution in [2.24, 2.45) is 0 Å². The maximum absolute atomic E-state index is 10.6. The molecule has 0 aliphatic rings. The standard InChI is InChI=1S/C9H9BrO2/c1-6-5-8(10)3-4-9(6)12-7(2)11/h3-5H,1-2H3. The lowest BCUT2D eigenvalue weighted by molar-refractivity contribution is -0.131. The molecular formula is C9H9BrO2. The summed E-state index contributed by atoms with van der Waals surface area (Å²) in [5.74, 6) is 0.325. The molecule has 0 saturated heterocycles. The van der Waals surface area contributed by atoms with Crippen molar-refractivity contribution in [1.82, 2.24) is 0 Å². The van der Waals surface area contributed by atoms with Gasteiger partial charge in [-0.25, -0.2) is 0 Å². The third-order valence-corrected chi connectivity index (χ3v) is 1.88. The first-order chi connectivity index (χ1) is 5.59. The van der Waals surface area contributed by atoms with Gasteiger partial charge < -0.3 is 4.74 Å². The second-order valence-electron chi connectivity index (χ2n) is 2.50. The summed E-state index contributed by atoms with van der Waals surface area (Å²) in [7, 11) is 0. The molecule has 0 fully saturated rings. The Hall–Kier alpha value is -0.830. The Morgan fingerprint density at radius 1 is 1.50 bits per heavy atom. The number of benzene rings is 1. The van der Waals surface area contributed by atoms with Crippen LogP contribution in [-0.4, -0.2) is 5.97 Å². The Bertz CT molecular complexity index is 307. The normalized spacial score (nSPS) is 9.58. The molecule has 1 aromatic carbocycles. The van der Waals surface area contributed by atoms with Crippen LogP contribution in [0.3, 0.4) is 0 Å². The molecule has 2 nitrogen and oxygen atoms in total. The van der Waals surface area contributed by atoms with Crippen LogP contribution in [0.4, 0.5) is 0 Å². The lowest BCUT2D eigenvalue weighted by atomic mass is 10.2. The Morgan fingerprint density at radius 2 is 2.17 bits per heavy atom. The number of hydrogen-bond donors (Lipinski definition) is 0. The Balaban J connectivity index is 2.93. The van der Waals surface area contributed by atoms with Crippen LogP contribution < -0.4 is 4.74 Å². The first-order valence-electron chi connectivity index (χ1n) is 3.54. The number of esters is 1. The Labute approximate surface area is 79.7 Å². The van der Waals surface area contributed by atoms with Crippen molar-refractivity contribution in [3.05, 3.63) is 28.2 Å². The van der Waals surface area contributed by atoms with Gasteiger partial charge in [-0.05, 0) is 30.7 Å². The molecule has 0 bridgehead atoms. The highest BCUT2D eigenvalue weighted by atomic mass is 79.9. The summed E-state index contributed by atoms with van der Waals surface area (Å²) < 4.78 is 5.92. The fourth-order valence-electron chi connectivity index (χ4n) is 0.882. The van der Waals surface area contributed by atoms with E-state index in [-0.39, 0.29) is 5.97 Å². The van der Waals surface area contributed by atoms with E-state index in [2.05, 4.69) is 15.9 Å². The van der Waals surface area contributed by atoms with Crippen molar-refractivity contribution < 1.29 is 9.53 Å². The number of ether oxygens (including phenoxy) is 1. The third-order valence-electron chi connectivity index (χ3n) is 1.39. The minimum atomic E-state index is -0.291. The summed E-state index contributed by atoms with van der Waals surface area (Å²) in [6.45, 7) is 3.28. The molecule has 64 valence electrons. The summed E-state index contributed by atoms with van der Waals surface area (Å²) in [5, 5.41) is 0. The first kappa shape index (κ1) is 9.26. The highest BCUT2D eigenvalue weighted by Gasteiger charge is 2.01. The van der Waals surface area contributed by atoms with Gasteiger partial charge in [-0.2, -0.15) is 0 Å². The van der Waals surface area contributed by atoms with Crippen LogP contribution in [0.1, 0.15) is 12.5 Å². The molecule has 1 rings (SSSR count). The number of aryl methyl sites for hydroxylation is 1. The Kier molecular flexibility index (Phi) is 2.87. The van der Waals surface area contributed by atoms with Crippen molar-refractivity contribution >= 4 is 21.9 Å². The van der Waals surface area contributed by atoms with Crippen LogP contribution in [0, 0.1) is 6.92 Å². The average Bonchev–Trinajstić information content (AvgIpc) is 1.94. The lowest BCUT2D eigenvalue weighted by Gasteiger charge is -2.04. The van der Waals surface area contributed by atoms with Gasteiger partial charge in [0.2, 0.25) is 0 Å². The van der Waals surface area contributed by atoms with Gasteiger partial charge in [0.25, 0.3) is 0 Å². The number of rotatable bonds is 1. The quantitative estimate of drug-likeness (QED) is 0.546. The largest absolute Gasteiger partial charge is 0.426 e. The summed E-state index contributed by atoms with van der Waals surface area (Å²) in [5.41, 5.74) is 0.944. The third kappa shape index (κ3) is 2.34. The molecule has 0 unspecified atom stereocenters. The van der Waals surface area contributed by atoms with Crippen molar-refractivity contribution in [2.45, 2.75) is 13.8 Å². The minimum Gasteiger partial charge on any atom is -0.426 e. The van der Waals surface area contributed by atoms with E-state index in [1.807, 2.05) is 19.1 Å². The van der Waals surface area contributed by atoms with E-state index in [0.29, 0.717) is 5.75 Å². The molecule has 0 N–H and O–H groups in total. The summed E-state index contributed by atoms with van der Waals surface area (Å²) in [6.07, 6.45) is 0. The monoisotopic (exact) mass is 228 g/mol. The van der Waals surface area contributed by atoms with E-state index in [1.165, 1.54) is 6.92 Å². The number of hydrogen-bond acceptors (Lipinski definition) is 2. The van der Waals surface area contributed by atoms with Gasteiger partial charge in [-0.15, -0.1) is 0 Å². The SMILES string of the molecule is CC(=O)Oc1ccc(Br)cc1C. The number of halogens is 1. The highest BCUT2D eigenvalue weighted by molar-refractivity contribution is 9.10. The van der Waals surface area contributed by atoms with E-state index in [4.69, 9.17) is 4.74 Å². The number of carbonyl (C=O) groups excluding carboxylic acids is 1. The van der Waals surface area contributed by atoms with E-state index >= 15 is 0 Å². The Morgan fingerprint density at radius 3 is 2.67 bits per heavy atom. The van der Waals surface area contributed by atoms with Crippen LogP contribution in [0.15, 0.2) is 22.7 Å². The summed E-state index contributed by atoms with van der Waals surface area (Å²) >= 11 is 3.32. The molecular weight excluding hydrogens is 220 g/mol. The molecule has 1 aromatic rings. The molecule has 0 amide bonds. The number of carbonyl (C=O) groups is 1. The predicted octanol–water partition coefficient (Wildman–Crippen LogP) is 2.68. The molecule has 0 aliphatic carbocycles. The van der Waals surface area contributed by atoms with E-state index in [1.54, 1.807) is 6.07 Å². The fourth-order valence-corrected chi connectivity index (χ4v) is 1.36. The molecule has 0 atom stereocenters. The van der Waals surface area contributed by atoms with Crippen molar-refractivity contribution in [3.63, 3.8) is 0 Å². The molecule has 0 spiro atoms. The van der Waals surface area contributed by atoms with E-state index in [0.717, 1.165) is 10.0 Å². The van der Waals surface area contributed by atoms with Gasteiger partial charge in [0.05, 0.1) is 0 Å². The molecule has 12 heavy (non-hydrogen) atoms. The van der Waals surface area contributed by atoms with Crippen LogP contribution in [0.5, 0.6) is 5.75 Å². The van der Waals surface area contributed by atoms with Crippen LogP contribution in [0.2, 0.25) is 0 Å². The van der Waals surface area contributed by atoms with Gasteiger partial charge in [-0.3, -0.25) is 4.79 Å². The second-order valence-corrected chi connectivity index (χ2v) is 3.42. The van der Waals surface area contributed by atoms with Gasteiger partial charge in [0.1, 0.15) is 5.75 Å². The average molecular weight is 229 g/mol. The maximum atomic E-state index is 10.6. The molecule has 0 aromatic heterocycles. The predicted molar refractivity (Wildman–Crippen MR) is 50.2 cm³/mol. The van der Waals surface area contributed by atoms with Crippen LogP contribution in [0.25, 0.3) is 0 Å². The highest BCUT2D eigenvalue weighted by Crippen LogP contribution is 2.21. The summed E-state index contributed by atoms with van der Waals surface area (Å²) in [6, 6.07) is 5.50. The topological polar surface area (TPSA) is 26.3 Å². The molecule has 3 heteroatoms. The smallest absolute Gasteiger partial charge is 0.308 e. The zero-order chi connectivity index (χ0) is 9.14. The van der Waals surface area contributed by atoms with Gasteiger partial charge >= 0.3 is 5.97 Å². The first-order valence-corrected chi connectivity index (χ1v) is 4.33. The molecule has 0 heterocycles. The maximum Gasteiger partial charge on any atom is 0.308 e. The van der Waals surface area contributed by atoms with Crippen molar-refractivity contribution in [3.8, 4) is 5.75 Å².